The maximum atomic E-state index is 4.89. The highest BCUT2D eigenvalue weighted by Gasteiger charge is 1.99. The molecule has 2 nitrogen and oxygen atoms in total. The van der Waals surface area contributed by atoms with Crippen molar-refractivity contribution in [3.63, 3.8) is 0 Å². The fourth-order valence-corrected chi connectivity index (χ4v) is 0.685. The third-order valence-electron chi connectivity index (χ3n) is 0.906. The molecule has 0 heterocycles. The maximum Gasteiger partial charge on any atom is 0.156 e. The van der Waals surface area contributed by atoms with Gasteiger partial charge in [0.05, 0.1) is 0 Å². The first-order valence-corrected chi connectivity index (χ1v) is 3.26. The van der Waals surface area contributed by atoms with Gasteiger partial charge < -0.3 is 9.47 Å². The first kappa shape index (κ1) is 8.14. The molecule has 0 aromatic heterocycles. The minimum absolute atomic E-state index is 0.0486. The van der Waals surface area contributed by atoms with Gasteiger partial charge in [0.1, 0.15) is 0 Å². The van der Waals surface area contributed by atoms with E-state index in [1.165, 1.54) is 0 Å². The van der Waals surface area contributed by atoms with Crippen molar-refractivity contribution in [1.29, 1.82) is 0 Å². The zero-order chi connectivity index (χ0) is 6.41. The van der Waals surface area contributed by atoms with E-state index in [0.29, 0.717) is 0 Å². The molecular weight excluding hydrogens is 120 g/mol. The van der Waals surface area contributed by atoms with E-state index in [1.807, 2.05) is 0 Å². The van der Waals surface area contributed by atoms with Gasteiger partial charge in [-0.05, 0) is 6.42 Å². The first-order valence-electron chi connectivity index (χ1n) is 2.55. The Kier molecular flexibility index (Phi) is 5.37. The van der Waals surface area contributed by atoms with E-state index in [9.17, 15) is 0 Å². The van der Waals surface area contributed by atoms with E-state index in [2.05, 4.69) is 10.2 Å². The lowest BCUT2D eigenvalue weighted by molar-refractivity contribution is -0.103. The highest BCUT2D eigenvalue weighted by atomic mass is 28.1. The van der Waals surface area contributed by atoms with Crippen LogP contribution in [0, 0.1) is 0 Å². The molecule has 0 amide bonds. The molecule has 0 spiro atoms. The summed E-state index contributed by atoms with van der Waals surface area (Å²) < 4.78 is 9.77. The maximum absolute atomic E-state index is 4.89. The summed E-state index contributed by atoms with van der Waals surface area (Å²) in [6.07, 6.45) is 0.844. The van der Waals surface area contributed by atoms with Gasteiger partial charge in [-0.1, -0.05) is 6.04 Å². The van der Waals surface area contributed by atoms with Crippen LogP contribution < -0.4 is 0 Å². The number of methoxy groups -OCH3 is 2. The van der Waals surface area contributed by atoms with Crippen LogP contribution in [0.2, 0.25) is 6.04 Å². The lowest BCUT2D eigenvalue weighted by Crippen LogP contribution is -2.11. The number of hydrogen-bond donors (Lipinski definition) is 0. The molecule has 0 fully saturated rings. The molecule has 0 aliphatic rings. The summed E-state index contributed by atoms with van der Waals surface area (Å²) in [6, 6.07) is 0.909. The molecule has 0 bridgehead atoms. The Labute approximate surface area is 53.6 Å². The lowest BCUT2D eigenvalue weighted by atomic mass is 10.5. The predicted molar refractivity (Wildman–Crippen MR) is 33.0 cm³/mol. The SMILES string of the molecule is COC(CC[Si])OC. The van der Waals surface area contributed by atoms with Gasteiger partial charge in [0, 0.05) is 24.5 Å². The summed E-state index contributed by atoms with van der Waals surface area (Å²) in [5.41, 5.74) is 0. The Morgan fingerprint density at radius 2 is 1.88 bits per heavy atom. The van der Waals surface area contributed by atoms with Gasteiger partial charge in [-0.3, -0.25) is 0 Å². The zero-order valence-corrected chi connectivity index (χ0v) is 6.31. The van der Waals surface area contributed by atoms with Crippen molar-refractivity contribution >= 4 is 10.2 Å². The topological polar surface area (TPSA) is 18.5 Å². The van der Waals surface area contributed by atoms with Crippen molar-refractivity contribution in [2.24, 2.45) is 0 Å². The van der Waals surface area contributed by atoms with Gasteiger partial charge in [0.2, 0.25) is 0 Å². The summed E-state index contributed by atoms with van der Waals surface area (Å²) in [7, 11) is 6.58. The molecule has 0 aliphatic heterocycles. The molecule has 0 saturated carbocycles. The normalized spacial score (nSPS) is 10.5. The molecule has 0 rings (SSSR count). The molecule has 0 unspecified atom stereocenters. The second-order valence-corrected chi connectivity index (χ2v) is 1.94. The molecule has 3 radical (unpaired) electrons. The Morgan fingerprint density at radius 3 is 2.00 bits per heavy atom. The van der Waals surface area contributed by atoms with Crippen molar-refractivity contribution in [2.45, 2.75) is 18.8 Å². The van der Waals surface area contributed by atoms with Crippen LogP contribution in [0.3, 0.4) is 0 Å². The van der Waals surface area contributed by atoms with Crippen LogP contribution >= 0.6 is 0 Å². The fraction of sp³-hybridized carbons (Fsp3) is 1.00. The fourth-order valence-electron chi connectivity index (χ4n) is 0.450. The van der Waals surface area contributed by atoms with Crippen molar-refractivity contribution < 1.29 is 9.47 Å². The summed E-state index contributed by atoms with van der Waals surface area (Å²) in [5.74, 6) is 0. The third-order valence-corrected chi connectivity index (χ3v) is 1.19. The molecule has 0 aromatic carbocycles. The van der Waals surface area contributed by atoms with Crippen LogP contribution in [0.1, 0.15) is 6.42 Å². The summed E-state index contributed by atoms with van der Waals surface area (Å²) in [6.45, 7) is 0. The van der Waals surface area contributed by atoms with Gasteiger partial charge in [-0.15, -0.1) is 0 Å². The molecule has 0 atom stereocenters. The highest BCUT2D eigenvalue weighted by molar-refractivity contribution is 6.08. The Hall–Kier alpha value is 0.137. The van der Waals surface area contributed by atoms with E-state index in [4.69, 9.17) is 9.47 Å². The Balaban J connectivity index is 3.07. The monoisotopic (exact) mass is 131 g/mol. The molecule has 0 N–H and O–H groups in total. The van der Waals surface area contributed by atoms with E-state index in [0.717, 1.165) is 12.5 Å². The van der Waals surface area contributed by atoms with Crippen LogP contribution in [0.4, 0.5) is 0 Å². The molecule has 47 valence electrons. The molecule has 3 heteroatoms. The van der Waals surface area contributed by atoms with Gasteiger partial charge in [0.15, 0.2) is 6.29 Å². The number of rotatable bonds is 4. The minimum Gasteiger partial charge on any atom is -0.356 e. The van der Waals surface area contributed by atoms with E-state index < -0.39 is 0 Å². The van der Waals surface area contributed by atoms with Gasteiger partial charge in [-0.2, -0.15) is 0 Å². The molecular formula is C5H11O2Si. The van der Waals surface area contributed by atoms with Crippen molar-refractivity contribution in [1.82, 2.24) is 0 Å². The molecule has 0 saturated heterocycles. The van der Waals surface area contributed by atoms with Crippen molar-refractivity contribution in [3.8, 4) is 0 Å². The standard InChI is InChI=1S/C5H11O2Si/c1-6-5(7-2)3-4-8/h5H,3-4H2,1-2H3. The largest absolute Gasteiger partial charge is 0.356 e. The second kappa shape index (κ2) is 5.28. The van der Waals surface area contributed by atoms with E-state index >= 15 is 0 Å². The third kappa shape index (κ3) is 3.18. The smallest absolute Gasteiger partial charge is 0.156 e. The van der Waals surface area contributed by atoms with Crippen LogP contribution in [-0.2, 0) is 9.47 Å². The van der Waals surface area contributed by atoms with E-state index in [-0.39, 0.29) is 6.29 Å². The van der Waals surface area contributed by atoms with Gasteiger partial charge in [0.25, 0.3) is 0 Å². The molecule has 0 aromatic rings. The highest BCUT2D eigenvalue weighted by Crippen LogP contribution is 1.98. The van der Waals surface area contributed by atoms with Crippen LogP contribution in [-0.4, -0.2) is 30.8 Å². The number of hydrogen-bond acceptors (Lipinski definition) is 2. The first-order chi connectivity index (χ1) is 3.85. The number of ether oxygens (including phenoxy) is 2. The summed E-state index contributed by atoms with van der Waals surface area (Å²) in [4.78, 5) is 0. The zero-order valence-electron chi connectivity index (χ0n) is 5.31. The predicted octanol–water partition coefficient (Wildman–Crippen LogP) is 0.582. The van der Waals surface area contributed by atoms with Crippen LogP contribution in [0.5, 0.6) is 0 Å². The molecule has 8 heavy (non-hydrogen) atoms. The summed E-state index contributed by atoms with van der Waals surface area (Å²) >= 11 is 0. The Bertz CT molecular complexity index is 45.7. The average molecular weight is 131 g/mol. The van der Waals surface area contributed by atoms with Crippen molar-refractivity contribution in [3.05, 3.63) is 0 Å². The summed E-state index contributed by atoms with van der Waals surface area (Å²) in [5, 5.41) is 0. The quantitative estimate of drug-likeness (QED) is 0.410. The Morgan fingerprint density at radius 1 is 1.38 bits per heavy atom. The van der Waals surface area contributed by atoms with Crippen LogP contribution in [0.25, 0.3) is 0 Å². The minimum atomic E-state index is -0.0486. The van der Waals surface area contributed by atoms with Crippen molar-refractivity contribution in [2.75, 3.05) is 14.2 Å². The van der Waals surface area contributed by atoms with Gasteiger partial charge in [-0.25, -0.2) is 0 Å². The van der Waals surface area contributed by atoms with Crippen LogP contribution in [0.15, 0.2) is 0 Å². The molecule has 0 aliphatic carbocycles. The van der Waals surface area contributed by atoms with Gasteiger partial charge >= 0.3 is 0 Å². The lowest BCUT2D eigenvalue weighted by Gasteiger charge is -2.10. The average Bonchev–Trinajstić information content (AvgIpc) is 1.83. The second-order valence-electron chi connectivity index (χ2n) is 1.44. The van der Waals surface area contributed by atoms with E-state index in [1.54, 1.807) is 14.2 Å².